The highest BCUT2D eigenvalue weighted by Crippen LogP contribution is 2.22. The first-order valence-corrected chi connectivity index (χ1v) is 6.03. The highest BCUT2D eigenvalue weighted by Gasteiger charge is 2.26. The number of benzene rings is 1. The number of hydrogen-bond acceptors (Lipinski definition) is 4. The summed E-state index contributed by atoms with van der Waals surface area (Å²) in [5.41, 5.74) is 0.605. The number of alkyl halides is 1. The number of carbonyl (C=O) groups excluding carboxylic acids is 2. The Labute approximate surface area is 111 Å². The lowest BCUT2D eigenvalue weighted by atomic mass is 9.95. The first kappa shape index (κ1) is 15.1. The molecule has 1 rings (SSSR count). The fourth-order valence-electron chi connectivity index (χ4n) is 1.73. The van der Waals surface area contributed by atoms with Crippen molar-refractivity contribution in [2.45, 2.75) is 20.3 Å². The van der Waals surface area contributed by atoms with Gasteiger partial charge in [-0.15, -0.1) is 0 Å². The van der Waals surface area contributed by atoms with Crippen LogP contribution in [0.3, 0.4) is 0 Å². The minimum Gasteiger partial charge on any atom is -0.465 e. The molecule has 1 atom stereocenters. The van der Waals surface area contributed by atoms with E-state index in [1.54, 1.807) is 31.2 Å². The van der Waals surface area contributed by atoms with Crippen LogP contribution in [0, 0.1) is 5.92 Å². The molecule has 1 aromatic carbocycles. The Morgan fingerprint density at radius 3 is 2.58 bits per heavy atom. The molecule has 0 spiro atoms. The molecule has 19 heavy (non-hydrogen) atoms. The minimum absolute atomic E-state index is 0.143. The summed E-state index contributed by atoms with van der Waals surface area (Å²) in [6.07, 6.45) is 0.143. The van der Waals surface area contributed by atoms with Crippen molar-refractivity contribution in [1.29, 1.82) is 0 Å². The topological polar surface area (TPSA) is 52.6 Å². The van der Waals surface area contributed by atoms with Crippen LogP contribution >= 0.6 is 0 Å². The van der Waals surface area contributed by atoms with Crippen molar-refractivity contribution in [2.75, 3.05) is 13.5 Å². The molecule has 0 aliphatic rings. The monoisotopic (exact) mass is 268 g/mol. The van der Waals surface area contributed by atoms with E-state index < -0.39 is 18.7 Å². The standard InChI is InChI=1S/C14H17FO4/c1-3-18-14(17)12(10(2)16)8-11-6-4-5-7-13(11)19-9-15/h4-7,12H,3,8-9H2,1-2H3. The lowest BCUT2D eigenvalue weighted by Gasteiger charge is -2.14. The van der Waals surface area contributed by atoms with E-state index in [-0.39, 0.29) is 18.8 Å². The third-order valence-electron chi connectivity index (χ3n) is 2.67. The lowest BCUT2D eigenvalue weighted by molar-refractivity contribution is -0.151. The first-order valence-electron chi connectivity index (χ1n) is 6.03. The van der Waals surface area contributed by atoms with Crippen molar-refractivity contribution in [3.8, 4) is 5.75 Å². The average Bonchev–Trinajstić information content (AvgIpc) is 2.37. The largest absolute Gasteiger partial charge is 0.465 e. The summed E-state index contributed by atoms with van der Waals surface area (Å²) in [5.74, 6) is -1.40. The highest BCUT2D eigenvalue weighted by atomic mass is 19.1. The molecule has 0 saturated heterocycles. The van der Waals surface area contributed by atoms with Crippen LogP contribution in [0.2, 0.25) is 0 Å². The maximum Gasteiger partial charge on any atom is 0.316 e. The van der Waals surface area contributed by atoms with Crippen LogP contribution in [0.1, 0.15) is 19.4 Å². The van der Waals surface area contributed by atoms with Gasteiger partial charge in [0.25, 0.3) is 0 Å². The van der Waals surface area contributed by atoms with Crippen molar-refractivity contribution < 1.29 is 23.5 Å². The minimum atomic E-state index is -0.957. The number of para-hydroxylation sites is 1. The molecule has 0 aliphatic carbocycles. The van der Waals surface area contributed by atoms with Gasteiger partial charge >= 0.3 is 5.97 Å². The third kappa shape index (κ3) is 4.35. The SMILES string of the molecule is CCOC(=O)C(Cc1ccccc1OCF)C(C)=O. The second-order valence-electron chi connectivity index (χ2n) is 3.98. The van der Waals surface area contributed by atoms with Crippen LogP contribution in [0.25, 0.3) is 0 Å². The molecule has 0 fully saturated rings. The Hall–Kier alpha value is -1.91. The summed E-state index contributed by atoms with van der Waals surface area (Å²) in [4.78, 5) is 23.2. The molecule has 0 heterocycles. The van der Waals surface area contributed by atoms with E-state index in [1.165, 1.54) is 6.92 Å². The van der Waals surface area contributed by atoms with Gasteiger partial charge in [-0.2, -0.15) is 0 Å². The summed E-state index contributed by atoms with van der Waals surface area (Å²) in [6.45, 7) is 2.27. The van der Waals surface area contributed by atoms with Gasteiger partial charge in [0.15, 0.2) is 0 Å². The molecule has 4 nitrogen and oxygen atoms in total. The van der Waals surface area contributed by atoms with E-state index in [0.29, 0.717) is 11.3 Å². The molecule has 0 aliphatic heterocycles. The van der Waals surface area contributed by atoms with E-state index in [1.807, 2.05) is 0 Å². The van der Waals surface area contributed by atoms with Crippen LogP contribution in [-0.4, -0.2) is 25.2 Å². The molecular weight excluding hydrogens is 251 g/mol. The van der Waals surface area contributed by atoms with Crippen molar-refractivity contribution in [3.05, 3.63) is 29.8 Å². The van der Waals surface area contributed by atoms with Gasteiger partial charge in [0.05, 0.1) is 6.61 Å². The zero-order valence-corrected chi connectivity index (χ0v) is 11.0. The molecule has 0 N–H and O–H groups in total. The molecule has 0 radical (unpaired) electrons. The van der Waals surface area contributed by atoms with E-state index >= 15 is 0 Å². The van der Waals surface area contributed by atoms with E-state index in [0.717, 1.165) is 0 Å². The highest BCUT2D eigenvalue weighted by molar-refractivity contribution is 5.98. The molecule has 1 aromatic rings. The molecule has 0 saturated carbocycles. The number of halogens is 1. The van der Waals surface area contributed by atoms with Gasteiger partial charge in [-0.3, -0.25) is 9.59 Å². The number of hydrogen-bond donors (Lipinski definition) is 0. The Morgan fingerprint density at radius 1 is 1.32 bits per heavy atom. The summed E-state index contributed by atoms with van der Waals surface area (Å²) in [6, 6.07) is 6.72. The number of rotatable bonds is 7. The molecule has 5 heteroatoms. The Morgan fingerprint density at radius 2 is 2.00 bits per heavy atom. The number of esters is 1. The van der Waals surface area contributed by atoms with Crippen molar-refractivity contribution in [2.24, 2.45) is 5.92 Å². The first-order chi connectivity index (χ1) is 9.10. The number of ketones is 1. The number of ether oxygens (including phenoxy) is 2. The van der Waals surface area contributed by atoms with Gasteiger partial charge < -0.3 is 9.47 Å². The normalized spacial score (nSPS) is 11.7. The molecule has 0 amide bonds. The summed E-state index contributed by atoms with van der Waals surface area (Å²) >= 11 is 0. The Bertz CT molecular complexity index is 445. The molecule has 104 valence electrons. The fourth-order valence-corrected chi connectivity index (χ4v) is 1.73. The van der Waals surface area contributed by atoms with Gasteiger partial charge in [0.2, 0.25) is 6.86 Å². The Balaban J connectivity index is 2.90. The van der Waals surface area contributed by atoms with Crippen molar-refractivity contribution >= 4 is 11.8 Å². The summed E-state index contributed by atoms with van der Waals surface area (Å²) < 4.78 is 21.9. The summed E-state index contributed by atoms with van der Waals surface area (Å²) in [5, 5.41) is 0. The zero-order valence-electron chi connectivity index (χ0n) is 11.0. The lowest BCUT2D eigenvalue weighted by Crippen LogP contribution is -2.26. The van der Waals surface area contributed by atoms with E-state index in [2.05, 4.69) is 0 Å². The smallest absolute Gasteiger partial charge is 0.316 e. The predicted molar refractivity (Wildman–Crippen MR) is 67.6 cm³/mol. The van der Waals surface area contributed by atoms with Crippen LogP contribution in [0.4, 0.5) is 4.39 Å². The van der Waals surface area contributed by atoms with Crippen molar-refractivity contribution in [3.63, 3.8) is 0 Å². The second-order valence-corrected chi connectivity index (χ2v) is 3.98. The van der Waals surface area contributed by atoms with Crippen LogP contribution < -0.4 is 4.74 Å². The van der Waals surface area contributed by atoms with Gasteiger partial charge in [0.1, 0.15) is 17.5 Å². The third-order valence-corrected chi connectivity index (χ3v) is 2.67. The molecule has 0 bridgehead atoms. The van der Waals surface area contributed by atoms with Gasteiger partial charge in [-0.25, -0.2) is 4.39 Å². The van der Waals surface area contributed by atoms with Gasteiger partial charge in [-0.05, 0) is 31.9 Å². The van der Waals surface area contributed by atoms with E-state index in [4.69, 9.17) is 9.47 Å². The maximum atomic E-state index is 12.3. The van der Waals surface area contributed by atoms with E-state index in [9.17, 15) is 14.0 Å². The van der Waals surface area contributed by atoms with Crippen LogP contribution in [-0.2, 0) is 20.7 Å². The number of Topliss-reactive ketones (excluding diaryl/α,β-unsaturated/α-hetero) is 1. The summed E-state index contributed by atoms with van der Waals surface area (Å²) in [7, 11) is 0. The molecular formula is C14H17FO4. The predicted octanol–water partition coefficient (Wildman–Crippen LogP) is 2.30. The fraction of sp³-hybridized carbons (Fsp3) is 0.429. The average molecular weight is 268 g/mol. The number of carbonyl (C=O) groups is 2. The van der Waals surface area contributed by atoms with Gasteiger partial charge in [0, 0.05) is 0 Å². The van der Waals surface area contributed by atoms with Gasteiger partial charge in [-0.1, -0.05) is 18.2 Å². The van der Waals surface area contributed by atoms with Crippen LogP contribution in [0.15, 0.2) is 24.3 Å². The molecule has 1 unspecified atom stereocenters. The quantitative estimate of drug-likeness (QED) is 0.562. The Kier molecular flexibility index (Phi) is 5.99. The maximum absolute atomic E-state index is 12.3. The van der Waals surface area contributed by atoms with Crippen LogP contribution in [0.5, 0.6) is 5.75 Å². The van der Waals surface area contributed by atoms with Crippen molar-refractivity contribution in [1.82, 2.24) is 0 Å². The zero-order chi connectivity index (χ0) is 14.3. The second kappa shape index (κ2) is 7.51. The molecule has 0 aromatic heterocycles.